The molecular formula is C16H25N3O4S. The van der Waals surface area contributed by atoms with E-state index in [0.717, 1.165) is 0 Å². The number of nitrogens with zero attached hydrogens (tertiary/aromatic N) is 1. The number of carboxylic acid groups (broad SMARTS) is 1. The zero-order valence-corrected chi connectivity index (χ0v) is 15.5. The Morgan fingerprint density at radius 1 is 1.33 bits per heavy atom. The molecule has 0 radical (unpaired) electrons. The second-order valence-electron chi connectivity index (χ2n) is 6.79. The van der Waals surface area contributed by atoms with Crippen molar-refractivity contribution >= 4 is 34.3 Å². The topological polar surface area (TPSA) is 108 Å². The Kier molecular flexibility index (Phi) is 6.89. The zero-order chi connectivity index (χ0) is 18.5. The number of anilines is 1. The number of thiazole rings is 1. The van der Waals surface area contributed by atoms with E-state index >= 15 is 0 Å². The van der Waals surface area contributed by atoms with Crippen molar-refractivity contribution in [3.05, 3.63) is 11.1 Å². The molecule has 0 aliphatic rings. The maximum Gasteiger partial charge on any atom is 0.326 e. The highest BCUT2D eigenvalue weighted by Crippen LogP contribution is 2.20. The third kappa shape index (κ3) is 5.92. The van der Waals surface area contributed by atoms with Crippen LogP contribution in [0, 0.1) is 11.3 Å². The molecule has 2 amide bonds. The molecule has 1 aromatic rings. The molecule has 1 rings (SSSR count). The molecule has 1 heterocycles. The van der Waals surface area contributed by atoms with Crippen LogP contribution in [0.4, 0.5) is 5.13 Å². The maximum atomic E-state index is 12.0. The average Bonchev–Trinajstić information content (AvgIpc) is 2.89. The molecule has 0 bridgehead atoms. The van der Waals surface area contributed by atoms with E-state index in [1.165, 1.54) is 11.3 Å². The molecule has 0 aliphatic carbocycles. The molecule has 0 aromatic carbocycles. The van der Waals surface area contributed by atoms with Gasteiger partial charge in [0.05, 0.1) is 12.1 Å². The summed E-state index contributed by atoms with van der Waals surface area (Å²) in [6.07, 6.45) is 0.624. The summed E-state index contributed by atoms with van der Waals surface area (Å²) < 4.78 is 0. The summed E-state index contributed by atoms with van der Waals surface area (Å²) in [5.74, 6) is -1.77. The molecule has 8 heteroatoms. The fraction of sp³-hybridized carbons (Fsp3) is 0.625. The molecule has 0 spiro atoms. The van der Waals surface area contributed by atoms with Crippen LogP contribution < -0.4 is 10.6 Å². The average molecular weight is 355 g/mol. The molecule has 0 saturated carbocycles. The van der Waals surface area contributed by atoms with Crippen LogP contribution in [0.2, 0.25) is 0 Å². The summed E-state index contributed by atoms with van der Waals surface area (Å²) in [5.41, 5.74) is -0.0382. The van der Waals surface area contributed by atoms with Gasteiger partial charge in [-0.1, -0.05) is 41.0 Å². The van der Waals surface area contributed by atoms with E-state index in [2.05, 4.69) is 15.6 Å². The highest BCUT2D eigenvalue weighted by Gasteiger charge is 2.26. The molecule has 0 saturated heterocycles. The third-order valence-electron chi connectivity index (χ3n) is 3.59. The molecule has 0 aliphatic heterocycles. The molecule has 24 heavy (non-hydrogen) atoms. The monoisotopic (exact) mass is 355 g/mol. The van der Waals surface area contributed by atoms with Crippen molar-refractivity contribution in [2.75, 3.05) is 5.32 Å². The Morgan fingerprint density at radius 3 is 2.46 bits per heavy atom. The Balaban J connectivity index is 2.65. The SMILES string of the molecule is CC[C@H](C)[C@H](NC(=O)Cc1csc(NC(=O)C(C)(C)C)n1)C(=O)O. The quantitative estimate of drug-likeness (QED) is 0.695. The summed E-state index contributed by atoms with van der Waals surface area (Å²) in [6.45, 7) is 9.04. The molecule has 0 unspecified atom stereocenters. The van der Waals surface area contributed by atoms with Crippen LogP contribution in [0.1, 0.15) is 46.7 Å². The van der Waals surface area contributed by atoms with Gasteiger partial charge in [0.15, 0.2) is 5.13 Å². The van der Waals surface area contributed by atoms with E-state index in [4.69, 9.17) is 0 Å². The van der Waals surface area contributed by atoms with Crippen LogP contribution in [-0.4, -0.2) is 33.9 Å². The van der Waals surface area contributed by atoms with Crippen molar-refractivity contribution in [3.63, 3.8) is 0 Å². The molecule has 0 fully saturated rings. The Hall–Kier alpha value is -1.96. The lowest BCUT2D eigenvalue weighted by Gasteiger charge is -2.19. The first-order chi connectivity index (χ1) is 11.0. The number of aliphatic carboxylic acids is 1. The largest absolute Gasteiger partial charge is 0.480 e. The predicted molar refractivity (Wildman–Crippen MR) is 92.9 cm³/mol. The van der Waals surface area contributed by atoms with E-state index in [1.807, 2.05) is 6.92 Å². The predicted octanol–water partition coefficient (Wildman–Crippen LogP) is 2.29. The van der Waals surface area contributed by atoms with E-state index in [0.29, 0.717) is 17.2 Å². The van der Waals surface area contributed by atoms with Gasteiger partial charge in [-0.3, -0.25) is 9.59 Å². The van der Waals surface area contributed by atoms with Gasteiger partial charge in [0.2, 0.25) is 11.8 Å². The molecule has 7 nitrogen and oxygen atoms in total. The summed E-state index contributed by atoms with van der Waals surface area (Å²) in [6, 6.07) is -0.916. The third-order valence-corrected chi connectivity index (χ3v) is 4.40. The van der Waals surface area contributed by atoms with E-state index in [1.54, 1.807) is 33.1 Å². The molecule has 3 N–H and O–H groups in total. The Bertz CT molecular complexity index is 607. The van der Waals surface area contributed by atoms with Crippen molar-refractivity contribution in [1.29, 1.82) is 0 Å². The van der Waals surface area contributed by atoms with Crippen LogP contribution >= 0.6 is 11.3 Å². The van der Waals surface area contributed by atoms with Gasteiger partial charge >= 0.3 is 5.97 Å². The van der Waals surface area contributed by atoms with Gasteiger partial charge in [0.25, 0.3) is 0 Å². The highest BCUT2D eigenvalue weighted by molar-refractivity contribution is 7.13. The summed E-state index contributed by atoms with van der Waals surface area (Å²) in [7, 11) is 0. The second-order valence-corrected chi connectivity index (χ2v) is 7.65. The van der Waals surface area contributed by atoms with E-state index < -0.39 is 23.3 Å². The van der Waals surface area contributed by atoms with Crippen molar-refractivity contribution in [2.24, 2.45) is 11.3 Å². The van der Waals surface area contributed by atoms with E-state index in [-0.39, 0.29) is 18.2 Å². The lowest BCUT2D eigenvalue weighted by molar-refractivity contribution is -0.143. The van der Waals surface area contributed by atoms with Gasteiger partial charge in [-0.05, 0) is 5.92 Å². The fourth-order valence-electron chi connectivity index (χ4n) is 1.80. The van der Waals surface area contributed by atoms with Crippen molar-refractivity contribution in [2.45, 2.75) is 53.5 Å². The molecule has 2 atom stereocenters. The highest BCUT2D eigenvalue weighted by atomic mass is 32.1. The normalized spacial score (nSPS) is 13.9. The first kappa shape index (κ1) is 20.1. The van der Waals surface area contributed by atoms with Crippen LogP contribution in [0.15, 0.2) is 5.38 Å². The first-order valence-corrected chi connectivity index (χ1v) is 8.70. The number of hydrogen-bond acceptors (Lipinski definition) is 5. The second kappa shape index (κ2) is 8.23. The number of nitrogens with one attached hydrogen (secondary N) is 2. The molecule has 1 aromatic heterocycles. The first-order valence-electron chi connectivity index (χ1n) is 7.82. The lowest BCUT2D eigenvalue weighted by atomic mass is 9.96. The summed E-state index contributed by atoms with van der Waals surface area (Å²) in [5, 5.41) is 16.5. The van der Waals surface area contributed by atoms with Gasteiger partial charge in [0, 0.05) is 10.8 Å². The van der Waals surface area contributed by atoms with Crippen LogP contribution in [0.3, 0.4) is 0 Å². The number of carbonyl (C=O) groups excluding carboxylic acids is 2. The van der Waals surface area contributed by atoms with Gasteiger partial charge in [-0.2, -0.15) is 0 Å². The number of hydrogen-bond donors (Lipinski definition) is 3. The summed E-state index contributed by atoms with van der Waals surface area (Å²) in [4.78, 5) is 39.4. The molecule has 134 valence electrons. The number of rotatable bonds is 7. The van der Waals surface area contributed by atoms with Gasteiger partial charge in [-0.15, -0.1) is 11.3 Å². The minimum absolute atomic E-state index is 0.0257. The maximum absolute atomic E-state index is 12.0. The van der Waals surface area contributed by atoms with Gasteiger partial charge in [0.1, 0.15) is 6.04 Å². The van der Waals surface area contributed by atoms with Crippen LogP contribution in [0.25, 0.3) is 0 Å². The van der Waals surface area contributed by atoms with E-state index in [9.17, 15) is 19.5 Å². The van der Waals surface area contributed by atoms with Gasteiger partial charge in [-0.25, -0.2) is 9.78 Å². The van der Waals surface area contributed by atoms with Crippen molar-refractivity contribution in [1.82, 2.24) is 10.3 Å². The lowest BCUT2D eigenvalue weighted by Crippen LogP contribution is -2.45. The smallest absolute Gasteiger partial charge is 0.326 e. The summed E-state index contributed by atoms with van der Waals surface area (Å²) >= 11 is 1.23. The fourth-order valence-corrected chi connectivity index (χ4v) is 2.51. The van der Waals surface area contributed by atoms with Crippen molar-refractivity contribution < 1.29 is 19.5 Å². The number of carbonyl (C=O) groups is 3. The Labute approximate surface area is 145 Å². The molecular weight excluding hydrogens is 330 g/mol. The standard InChI is InChI=1S/C16H25N3O4S/c1-6-9(2)12(13(21)22)18-11(20)7-10-8-24-15(17-10)19-14(23)16(3,4)5/h8-9,12H,6-7H2,1-5H3,(H,18,20)(H,21,22)(H,17,19,23)/t9-,12-/m0/s1. The minimum Gasteiger partial charge on any atom is -0.480 e. The Morgan fingerprint density at radius 2 is 1.96 bits per heavy atom. The number of amides is 2. The number of aromatic nitrogens is 1. The zero-order valence-electron chi connectivity index (χ0n) is 14.7. The van der Waals surface area contributed by atoms with Crippen molar-refractivity contribution in [3.8, 4) is 0 Å². The van der Waals surface area contributed by atoms with Gasteiger partial charge < -0.3 is 15.7 Å². The number of carboxylic acids is 1. The van der Waals surface area contributed by atoms with Crippen LogP contribution in [0.5, 0.6) is 0 Å². The van der Waals surface area contributed by atoms with Crippen LogP contribution in [-0.2, 0) is 20.8 Å². The minimum atomic E-state index is -1.05.